The van der Waals surface area contributed by atoms with Crippen molar-refractivity contribution in [3.8, 4) is 0 Å². The third-order valence-electron chi connectivity index (χ3n) is 3.38. The molecule has 0 rings (SSSR count). The van der Waals surface area contributed by atoms with Crippen LogP contribution in [-0.4, -0.2) is 63.0 Å². The molecule has 0 aromatic carbocycles. The Morgan fingerprint density at radius 2 is 0.742 bits per heavy atom. The highest BCUT2D eigenvalue weighted by atomic mass is 35.5. The summed E-state index contributed by atoms with van der Waals surface area (Å²) < 4.78 is 214. The lowest BCUT2D eigenvalue weighted by molar-refractivity contribution is -0.429. The van der Waals surface area contributed by atoms with E-state index in [0.717, 1.165) is 0 Å². The van der Waals surface area contributed by atoms with E-state index in [2.05, 4.69) is 23.2 Å². The van der Waals surface area contributed by atoms with Crippen molar-refractivity contribution in [2.75, 3.05) is 0 Å². The number of hydrogen-bond donors (Lipinski definition) is 1. The minimum atomic E-state index is -8.68. The maximum atomic E-state index is 13.5. The SMILES string of the molecule is O=C(O)C(F)(F)C(F)(F)C(F)(F)C(F)(F)C(F)(F)C(F)(F)C(Cl)(Cl)C(F)(F)C(F)(F)F. The minimum absolute atomic E-state index is 3.76. The molecule has 0 fully saturated rings. The number of carbonyl (C=O) groups is 1. The first-order valence-electron chi connectivity index (χ1n) is 6.27. The smallest absolute Gasteiger partial charge is 0.456 e. The van der Waals surface area contributed by atoms with Gasteiger partial charge in [-0.05, 0) is 0 Å². The molecule has 0 aliphatic heterocycles. The van der Waals surface area contributed by atoms with Gasteiger partial charge < -0.3 is 5.11 Å². The van der Waals surface area contributed by atoms with E-state index < -0.39 is 57.9 Å². The summed E-state index contributed by atoms with van der Waals surface area (Å²) in [6.45, 7) is 0. The summed E-state index contributed by atoms with van der Waals surface area (Å²) >= 11 is 7.51. The lowest BCUT2D eigenvalue weighted by Crippen LogP contribution is -2.75. The van der Waals surface area contributed by atoms with Crippen molar-refractivity contribution in [3.63, 3.8) is 0 Å². The zero-order chi connectivity index (χ0) is 26.1. The number of alkyl halides is 19. The summed E-state index contributed by atoms with van der Waals surface area (Å²) in [5, 5.41) is 7.68. The fourth-order valence-corrected chi connectivity index (χ4v) is 1.95. The van der Waals surface area contributed by atoms with Crippen LogP contribution in [0.2, 0.25) is 0 Å². The van der Waals surface area contributed by atoms with E-state index >= 15 is 0 Å². The Hall–Kier alpha value is -1.14. The molecule has 21 heteroatoms. The molecule has 0 bridgehead atoms. The zero-order valence-corrected chi connectivity index (χ0v) is 14.5. The Morgan fingerprint density at radius 1 is 0.484 bits per heavy atom. The fourth-order valence-electron chi connectivity index (χ4n) is 1.50. The number of carboxylic acid groups (broad SMARTS) is 1. The van der Waals surface area contributed by atoms with Crippen molar-refractivity contribution >= 4 is 29.2 Å². The summed E-state index contributed by atoms with van der Waals surface area (Å²) in [6, 6.07) is 0. The lowest BCUT2D eigenvalue weighted by atomic mass is 9.88. The third-order valence-corrected chi connectivity index (χ3v) is 4.33. The molecule has 0 spiro atoms. The summed E-state index contributed by atoms with van der Waals surface area (Å²) in [5.74, 6) is -61.4. The van der Waals surface area contributed by atoms with Gasteiger partial charge >= 0.3 is 53.6 Å². The van der Waals surface area contributed by atoms with Crippen LogP contribution in [0.25, 0.3) is 0 Å². The van der Waals surface area contributed by atoms with Gasteiger partial charge in [-0.2, -0.15) is 74.6 Å². The number of hydrogen-bond acceptors (Lipinski definition) is 1. The monoisotopic (exact) mass is 546 g/mol. The van der Waals surface area contributed by atoms with Crippen LogP contribution in [0.3, 0.4) is 0 Å². The highest BCUT2D eigenvalue weighted by Crippen LogP contribution is 2.66. The first-order valence-corrected chi connectivity index (χ1v) is 7.02. The predicted octanol–water partition coefficient (Wildman–Crippen LogP) is 6.25. The molecule has 0 aliphatic rings. The molecule has 2 nitrogen and oxygen atoms in total. The Bertz CT molecular complexity index is 710. The van der Waals surface area contributed by atoms with Gasteiger partial charge in [-0.25, -0.2) is 4.79 Å². The van der Waals surface area contributed by atoms with Crippen LogP contribution in [0, 0.1) is 0 Å². The normalized spacial score (nSPS) is 16.5. The van der Waals surface area contributed by atoms with Crippen LogP contribution >= 0.6 is 23.2 Å². The van der Waals surface area contributed by atoms with E-state index in [-0.39, 0.29) is 0 Å². The topological polar surface area (TPSA) is 37.3 Å². The molecule has 0 aromatic rings. The van der Waals surface area contributed by atoms with Crippen molar-refractivity contribution in [2.24, 2.45) is 0 Å². The van der Waals surface area contributed by atoms with Crippen molar-refractivity contribution in [1.82, 2.24) is 0 Å². The van der Waals surface area contributed by atoms with Crippen molar-refractivity contribution in [3.05, 3.63) is 0 Å². The first kappa shape index (κ1) is 29.9. The number of halogens is 19. The lowest BCUT2D eigenvalue weighted by Gasteiger charge is -2.44. The first-order chi connectivity index (χ1) is 12.9. The predicted molar refractivity (Wildman–Crippen MR) is 62.8 cm³/mol. The summed E-state index contributed by atoms with van der Waals surface area (Å²) in [4.78, 5) is 9.88. The largest absolute Gasteiger partial charge is 0.477 e. The molecule has 0 amide bonds. The highest BCUT2D eigenvalue weighted by molar-refractivity contribution is 6.50. The number of rotatable bonds is 8. The Balaban J connectivity index is 6.95. The molecular formula is C10HCl2F17O2. The molecule has 186 valence electrons. The van der Waals surface area contributed by atoms with Crippen molar-refractivity contribution in [2.45, 2.75) is 52.0 Å². The second-order valence-electron chi connectivity index (χ2n) is 5.40. The average Bonchev–Trinajstić information content (AvgIpc) is 2.52. The Morgan fingerprint density at radius 3 is 1.00 bits per heavy atom. The van der Waals surface area contributed by atoms with E-state index in [1.165, 1.54) is 0 Å². The van der Waals surface area contributed by atoms with Crippen LogP contribution in [0.1, 0.15) is 0 Å². The molecule has 0 unspecified atom stereocenters. The molecular weight excluding hydrogens is 546 g/mol. The molecule has 0 atom stereocenters. The van der Waals surface area contributed by atoms with Gasteiger partial charge in [0.15, 0.2) is 0 Å². The van der Waals surface area contributed by atoms with E-state index in [1.807, 2.05) is 0 Å². The molecule has 0 saturated heterocycles. The van der Waals surface area contributed by atoms with E-state index in [4.69, 9.17) is 5.11 Å². The molecule has 31 heavy (non-hydrogen) atoms. The van der Waals surface area contributed by atoms with Crippen LogP contribution < -0.4 is 0 Å². The molecule has 0 saturated carbocycles. The summed E-state index contributed by atoms with van der Waals surface area (Å²) in [7, 11) is 0. The second kappa shape index (κ2) is 7.18. The van der Waals surface area contributed by atoms with Gasteiger partial charge in [0.25, 0.3) is 4.33 Å². The van der Waals surface area contributed by atoms with E-state index in [9.17, 15) is 79.4 Å². The minimum Gasteiger partial charge on any atom is -0.477 e. The van der Waals surface area contributed by atoms with Gasteiger partial charge in [0.05, 0.1) is 0 Å². The van der Waals surface area contributed by atoms with Gasteiger partial charge in [-0.3, -0.25) is 0 Å². The van der Waals surface area contributed by atoms with Gasteiger partial charge in [0.2, 0.25) is 0 Å². The van der Waals surface area contributed by atoms with E-state index in [1.54, 1.807) is 0 Å². The van der Waals surface area contributed by atoms with Crippen LogP contribution in [0.4, 0.5) is 74.6 Å². The van der Waals surface area contributed by atoms with Gasteiger partial charge in [-0.15, -0.1) is 0 Å². The van der Waals surface area contributed by atoms with Crippen molar-refractivity contribution in [1.29, 1.82) is 0 Å². The van der Waals surface area contributed by atoms with Gasteiger partial charge in [0, 0.05) is 0 Å². The maximum Gasteiger partial charge on any atom is 0.456 e. The van der Waals surface area contributed by atoms with Crippen LogP contribution in [0.5, 0.6) is 0 Å². The Kier molecular flexibility index (Phi) is 6.91. The molecule has 1 N–H and O–H groups in total. The zero-order valence-electron chi connectivity index (χ0n) is 13.0. The number of aliphatic carboxylic acids is 1. The van der Waals surface area contributed by atoms with Crippen LogP contribution in [0.15, 0.2) is 0 Å². The van der Waals surface area contributed by atoms with Gasteiger partial charge in [-0.1, -0.05) is 23.2 Å². The molecule has 0 heterocycles. The maximum absolute atomic E-state index is 13.5. The van der Waals surface area contributed by atoms with Crippen molar-refractivity contribution < 1.29 is 84.5 Å². The van der Waals surface area contributed by atoms with E-state index in [0.29, 0.717) is 0 Å². The number of carboxylic acids is 1. The van der Waals surface area contributed by atoms with Crippen LogP contribution in [-0.2, 0) is 4.79 Å². The fraction of sp³-hybridized carbons (Fsp3) is 0.900. The van der Waals surface area contributed by atoms with Gasteiger partial charge in [0.1, 0.15) is 0 Å². The summed E-state index contributed by atoms with van der Waals surface area (Å²) in [5.41, 5.74) is 0. The third kappa shape index (κ3) is 3.52. The summed E-state index contributed by atoms with van der Waals surface area (Å²) in [6.07, 6.45) is -7.46. The molecule has 0 radical (unpaired) electrons. The Labute approximate surface area is 166 Å². The molecule has 0 aliphatic carbocycles. The quantitative estimate of drug-likeness (QED) is 0.288. The highest BCUT2D eigenvalue weighted by Gasteiger charge is 2.95. The second-order valence-corrected chi connectivity index (χ2v) is 6.73. The standard InChI is InChI=1S/C10HCl2F17O2/c11-3(12,6(19,20)10(27,28)29)5(17,18)8(23,24)9(25,26)7(21,22)4(15,16)2(13,14)1(30)31/h(H,30,31). The average molecular weight is 547 g/mol. The molecule has 0 aromatic heterocycles.